The molecular formula is C17H20N6O2+2. The molecule has 0 atom stereocenters. The fourth-order valence-corrected chi connectivity index (χ4v) is 1.86. The normalized spacial score (nSPS) is 11.3. The Morgan fingerprint density at radius 3 is 1.84 bits per heavy atom. The average Bonchev–Trinajstić information content (AvgIpc) is 2.62. The second kappa shape index (κ2) is 9.66. The van der Waals surface area contributed by atoms with Gasteiger partial charge in [0.1, 0.15) is 0 Å². The van der Waals surface area contributed by atoms with Gasteiger partial charge in [-0.2, -0.15) is 19.3 Å². The van der Waals surface area contributed by atoms with E-state index in [2.05, 4.69) is 21.1 Å². The highest BCUT2D eigenvalue weighted by molar-refractivity contribution is 6.29. The number of aromatic nitrogens is 2. The van der Waals surface area contributed by atoms with Crippen molar-refractivity contribution in [3.8, 4) is 0 Å². The Balaban J connectivity index is 1.73. The second-order valence-electron chi connectivity index (χ2n) is 5.18. The predicted octanol–water partition coefficient (Wildman–Crippen LogP) is -0.444. The summed E-state index contributed by atoms with van der Waals surface area (Å²) in [5.41, 5.74) is 5.29. The number of nitrogens with one attached hydrogen (secondary N) is 2. The summed E-state index contributed by atoms with van der Waals surface area (Å²) in [6, 6.07) is 11.1. The molecule has 8 nitrogen and oxygen atoms in total. The molecule has 2 aromatic heterocycles. The molecular weight excluding hydrogens is 320 g/mol. The van der Waals surface area contributed by atoms with E-state index in [0.717, 1.165) is 0 Å². The highest BCUT2D eigenvalue weighted by Gasteiger charge is 2.08. The van der Waals surface area contributed by atoms with Crippen LogP contribution in [0.3, 0.4) is 0 Å². The number of amides is 2. The van der Waals surface area contributed by atoms with E-state index in [1.54, 1.807) is 40.8 Å². The molecule has 0 bridgehead atoms. The molecule has 128 valence electrons. The molecule has 0 unspecified atom stereocenters. The molecule has 8 heteroatoms. The van der Waals surface area contributed by atoms with Crippen molar-refractivity contribution >= 4 is 23.7 Å². The number of carbonyl (C=O) groups is 2. The molecule has 2 aromatic rings. The zero-order valence-corrected chi connectivity index (χ0v) is 13.9. The third-order valence-electron chi connectivity index (χ3n) is 3.00. The van der Waals surface area contributed by atoms with Crippen molar-refractivity contribution in [2.75, 3.05) is 0 Å². The molecule has 2 heterocycles. The lowest BCUT2D eigenvalue weighted by Gasteiger charge is -1.98. The summed E-state index contributed by atoms with van der Waals surface area (Å²) >= 11 is 0. The topological polar surface area (TPSA) is 90.7 Å². The van der Waals surface area contributed by atoms with E-state index in [4.69, 9.17) is 0 Å². The van der Waals surface area contributed by atoms with Crippen LogP contribution in [0, 0.1) is 0 Å². The molecule has 25 heavy (non-hydrogen) atoms. The van der Waals surface area contributed by atoms with Crippen molar-refractivity contribution in [1.29, 1.82) is 0 Å². The van der Waals surface area contributed by atoms with Crippen LogP contribution in [-0.2, 0) is 22.7 Å². The first-order chi connectivity index (χ1) is 12.1. The minimum Gasteiger partial charge on any atom is -0.266 e. The van der Waals surface area contributed by atoms with Crippen molar-refractivity contribution in [2.45, 2.75) is 20.0 Å². The molecule has 0 saturated carbocycles. The number of hydrazone groups is 2. The zero-order valence-electron chi connectivity index (χ0n) is 13.9. The van der Waals surface area contributed by atoms with Crippen molar-refractivity contribution in [2.24, 2.45) is 10.2 Å². The molecule has 0 spiro atoms. The van der Waals surface area contributed by atoms with E-state index < -0.39 is 0 Å². The van der Waals surface area contributed by atoms with Gasteiger partial charge in [0.05, 0.1) is 11.9 Å². The van der Waals surface area contributed by atoms with Gasteiger partial charge in [-0.05, 0) is 6.92 Å². The van der Waals surface area contributed by atoms with Crippen LogP contribution in [-0.4, -0.2) is 23.7 Å². The van der Waals surface area contributed by atoms with Gasteiger partial charge in [0, 0.05) is 24.3 Å². The third kappa shape index (κ3) is 7.12. The summed E-state index contributed by atoms with van der Waals surface area (Å²) in [7, 11) is 0. The molecule has 2 amide bonds. The van der Waals surface area contributed by atoms with Gasteiger partial charge in [-0.3, -0.25) is 9.59 Å². The van der Waals surface area contributed by atoms with Crippen molar-refractivity contribution in [1.82, 2.24) is 10.9 Å². The van der Waals surface area contributed by atoms with Gasteiger partial charge >= 0.3 is 11.8 Å². The number of rotatable bonds is 7. The van der Waals surface area contributed by atoms with Crippen LogP contribution in [0.5, 0.6) is 0 Å². The first kappa shape index (κ1) is 17.9. The van der Waals surface area contributed by atoms with Gasteiger partial charge in [-0.15, -0.1) is 0 Å². The van der Waals surface area contributed by atoms with Gasteiger partial charge in [0.25, 0.3) is 0 Å². The second-order valence-corrected chi connectivity index (χ2v) is 5.18. The Labute approximate surface area is 145 Å². The predicted molar refractivity (Wildman–Crippen MR) is 91.2 cm³/mol. The first-order valence-corrected chi connectivity index (χ1v) is 7.66. The van der Waals surface area contributed by atoms with Gasteiger partial charge < -0.3 is 0 Å². The minimum atomic E-state index is -0.259. The summed E-state index contributed by atoms with van der Waals surface area (Å²) in [6.07, 6.45) is 8.52. The zero-order chi connectivity index (χ0) is 17.9. The SMILES string of the molecule is CC(/C=N/NC(=O)C[n+]1ccccc1)=N/NC(=O)C[n+]1ccccc1. The monoisotopic (exact) mass is 340 g/mol. The summed E-state index contributed by atoms with van der Waals surface area (Å²) < 4.78 is 3.46. The molecule has 0 saturated heterocycles. The summed E-state index contributed by atoms with van der Waals surface area (Å²) in [5.74, 6) is -0.516. The first-order valence-electron chi connectivity index (χ1n) is 7.66. The van der Waals surface area contributed by atoms with Gasteiger partial charge in [-0.25, -0.2) is 10.9 Å². The van der Waals surface area contributed by atoms with E-state index in [0.29, 0.717) is 5.71 Å². The molecule has 2 rings (SSSR count). The van der Waals surface area contributed by atoms with Gasteiger partial charge in [0.15, 0.2) is 24.8 Å². The van der Waals surface area contributed by atoms with E-state index >= 15 is 0 Å². The van der Waals surface area contributed by atoms with Crippen LogP contribution in [0.2, 0.25) is 0 Å². The van der Waals surface area contributed by atoms with E-state index in [9.17, 15) is 9.59 Å². The quantitative estimate of drug-likeness (QED) is 0.406. The number of carbonyl (C=O) groups excluding carboxylic acids is 2. The van der Waals surface area contributed by atoms with Crippen molar-refractivity contribution < 1.29 is 18.7 Å². The van der Waals surface area contributed by atoms with E-state index in [1.165, 1.54) is 6.21 Å². The molecule has 0 fully saturated rings. The largest absolute Gasteiger partial charge is 0.305 e. The Morgan fingerprint density at radius 1 is 0.840 bits per heavy atom. The molecule has 0 aliphatic rings. The fourth-order valence-electron chi connectivity index (χ4n) is 1.86. The van der Waals surface area contributed by atoms with Crippen LogP contribution >= 0.6 is 0 Å². The fraction of sp³-hybridized carbons (Fsp3) is 0.176. The Hall–Kier alpha value is -3.42. The summed E-state index contributed by atoms with van der Waals surface area (Å²) in [5, 5.41) is 7.70. The molecule has 2 N–H and O–H groups in total. The Kier molecular flexibility index (Phi) is 6.93. The lowest BCUT2D eigenvalue weighted by Crippen LogP contribution is -2.41. The maximum absolute atomic E-state index is 11.7. The maximum atomic E-state index is 11.7. The molecule has 0 aromatic carbocycles. The lowest BCUT2D eigenvalue weighted by molar-refractivity contribution is -0.684. The van der Waals surface area contributed by atoms with Crippen molar-refractivity contribution in [3.63, 3.8) is 0 Å². The van der Waals surface area contributed by atoms with Crippen molar-refractivity contribution in [3.05, 3.63) is 61.2 Å². The molecule has 0 radical (unpaired) electrons. The maximum Gasteiger partial charge on any atom is 0.305 e. The van der Waals surface area contributed by atoms with Crippen LogP contribution in [0.1, 0.15) is 6.92 Å². The number of nitrogens with zero attached hydrogens (tertiary/aromatic N) is 4. The van der Waals surface area contributed by atoms with Gasteiger partial charge in [0.2, 0.25) is 13.1 Å². The average molecular weight is 340 g/mol. The third-order valence-corrected chi connectivity index (χ3v) is 3.00. The van der Waals surface area contributed by atoms with Crippen LogP contribution in [0.25, 0.3) is 0 Å². The number of hydrogen-bond donors (Lipinski definition) is 2. The highest BCUT2D eigenvalue weighted by Crippen LogP contribution is 1.79. The number of hydrogen-bond acceptors (Lipinski definition) is 4. The van der Waals surface area contributed by atoms with Gasteiger partial charge in [-0.1, -0.05) is 12.1 Å². The highest BCUT2D eigenvalue weighted by atomic mass is 16.2. The van der Waals surface area contributed by atoms with Crippen LogP contribution < -0.4 is 20.0 Å². The van der Waals surface area contributed by atoms with Crippen LogP contribution in [0.15, 0.2) is 71.4 Å². The smallest absolute Gasteiger partial charge is 0.266 e. The summed E-state index contributed by atoms with van der Waals surface area (Å²) in [4.78, 5) is 23.5. The van der Waals surface area contributed by atoms with E-state index in [-0.39, 0.29) is 24.9 Å². The number of pyridine rings is 2. The van der Waals surface area contributed by atoms with E-state index in [1.807, 2.05) is 36.4 Å². The lowest BCUT2D eigenvalue weighted by atomic mass is 10.4. The Morgan fingerprint density at radius 2 is 1.32 bits per heavy atom. The Bertz CT molecular complexity index is 759. The minimum absolute atomic E-state index is 0.166. The van der Waals surface area contributed by atoms with Crippen LogP contribution in [0.4, 0.5) is 0 Å². The summed E-state index contributed by atoms with van der Waals surface area (Å²) in [6.45, 7) is 2.00. The standard InChI is InChI=1S/C17H18N6O2/c1-15(19-21-17(25)14-23-10-6-3-7-11-23)12-18-20-16(24)13-22-8-4-2-5-9-22/h2-12H,13-14H2,1H3/p+2. The molecule has 0 aliphatic carbocycles. The molecule has 0 aliphatic heterocycles.